The number of carbonyl (C=O) groups excluding carboxylic acids is 2. The van der Waals surface area contributed by atoms with Gasteiger partial charge in [-0.05, 0) is 38.8 Å². The van der Waals surface area contributed by atoms with Crippen molar-refractivity contribution in [2.24, 2.45) is 5.92 Å². The van der Waals surface area contributed by atoms with Crippen LogP contribution >= 0.6 is 11.6 Å². The zero-order valence-corrected chi connectivity index (χ0v) is 12.4. The molecule has 1 amide bonds. The summed E-state index contributed by atoms with van der Waals surface area (Å²) < 4.78 is 0. The molecule has 0 aliphatic carbocycles. The molecule has 0 heterocycles. The van der Waals surface area contributed by atoms with Gasteiger partial charge in [-0.3, -0.25) is 9.59 Å². The molecule has 0 spiro atoms. The number of amides is 1. The summed E-state index contributed by atoms with van der Waals surface area (Å²) in [6, 6.07) is 7.32. The maximum absolute atomic E-state index is 12.3. The first-order valence-corrected chi connectivity index (χ1v) is 6.91. The number of hydrogen-bond donors (Lipinski definition) is 0. The SMILES string of the molecule is CCN(CC)C(=O)C(Cc1ccccc1Cl)C(C)=O. The Hall–Kier alpha value is -1.35. The number of benzene rings is 1. The molecule has 0 fully saturated rings. The molecule has 0 aliphatic rings. The topological polar surface area (TPSA) is 37.4 Å². The van der Waals surface area contributed by atoms with Crippen LogP contribution in [0, 0.1) is 5.92 Å². The molecule has 1 atom stereocenters. The van der Waals surface area contributed by atoms with E-state index in [-0.39, 0.29) is 11.7 Å². The van der Waals surface area contributed by atoms with E-state index >= 15 is 0 Å². The molecule has 4 heteroatoms. The lowest BCUT2D eigenvalue weighted by Crippen LogP contribution is -2.39. The van der Waals surface area contributed by atoms with Crippen LogP contribution in [0.2, 0.25) is 5.02 Å². The minimum Gasteiger partial charge on any atom is -0.343 e. The minimum atomic E-state index is -0.639. The van der Waals surface area contributed by atoms with Gasteiger partial charge >= 0.3 is 0 Å². The van der Waals surface area contributed by atoms with Gasteiger partial charge in [-0.15, -0.1) is 0 Å². The molecule has 1 rings (SSSR count). The van der Waals surface area contributed by atoms with Crippen LogP contribution in [-0.2, 0) is 16.0 Å². The first kappa shape index (κ1) is 15.7. The van der Waals surface area contributed by atoms with Crippen molar-refractivity contribution in [3.63, 3.8) is 0 Å². The third kappa shape index (κ3) is 4.06. The normalized spacial score (nSPS) is 12.0. The minimum absolute atomic E-state index is 0.114. The van der Waals surface area contributed by atoms with Gasteiger partial charge in [-0.25, -0.2) is 0 Å². The highest BCUT2D eigenvalue weighted by atomic mass is 35.5. The summed E-state index contributed by atoms with van der Waals surface area (Å²) >= 11 is 6.09. The van der Waals surface area contributed by atoms with Crippen molar-refractivity contribution in [2.45, 2.75) is 27.2 Å². The zero-order valence-electron chi connectivity index (χ0n) is 11.6. The Morgan fingerprint density at radius 3 is 2.26 bits per heavy atom. The summed E-state index contributed by atoms with van der Waals surface area (Å²) in [4.78, 5) is 25.8. The smallest absolute Gasteiger partial charge is 0.233 e. The van der Waals surface area contributed by atoms with Crippen molar-refractivity contribution in [2.75, 3.05) is 13.1 Å². The molecule has 1 unspecified atom stereocenters. The first-order valence-electron chi connectivity index (χ1n) is 6.53. The van der Waals surface area contributed by atoms with Crippen LogP contribution in [0.4, 0.5) is 0 Å². The van der Waals surface area contributed by atoms with Gasteiger partial charge in [-0.2, -0.15) is 0 Å². The second kappa shape index (κ2) is 7.29. The Morgan fingerprint density at radius 2 is 1.79 bits per heavy atom. The van der Waals surface area contributed by atoms with E-state index in [0.29, 0.717) is 24.5 Å². The van der Waals surface area contributed by atoms with E-state index in [2.05, 4.69) is 0 Å². The number of Topliss-reactive ketones (excluding diaryl/α,β-unsaturated/α-hetero) is 1. The average molecular weight is 282 g/mol. The number of ketones is 1. The van der Waals surface area contributed by atoms with Crippen LogP contribution in [-0.4, -0.2) is 29.7 Å². The molecule has 1 aromatic rings. The van der Waals surface area contributed by atoms with Gasteiger partial charge < -0.3 is 4.90 Å². The summed E-state index contributed by atoms with van der Waals surface area (Å²) in [5.41, 5.74) is 0.838. The zero-order chi connectivity index (χ0) is 14.4. The molecular weight excluding hydrogens is 262 g/mol. The summed E-state index contributed by atoms with van der Waals surface area (Å²) in [7, 11) is 0. The van der Waals surface area contributed by atoms with Crippen LogP contribution in [0.5, 0.6) is 0 Å². The maximum atomic E-state index is 12.3. The van der Waals surface area contributed by atoms with Gasteiger partial charge in [0.2, 0.25) is 5.91 Å². The van der Waals surface area contributed by atoms with Crippen molar-refractivity contribution in [1.82, 2.24) is 4.90 Å². The summed E-state index contributed by atoms with van der Waals surface area (Å²) in [6.45, 7) is 6.51. The Bertz CT molecular complexity index is 455. The van der Waals surface area contributed by atoms with Crippen LogP contribution in [0.15, 0.2) is 24.3 Å². The number of nitrogens with zero attached hydrogens (tertiary/aromatic N) is 1. The highest BCUT2D eigenvalue weighted by Crippen LogP contribution is 2.20. The quantitative estimate of drug-likeness (QED) is 0.752. The van der Waals surface area contributed by atoms with Gasteiger partial charge in [0.1, 0.15) is 11.7 Å². The Labute approximate surface area is 119 Å². The number of rotatable bonds is 6. The predicted octanol–water partition coefficient (Wildman–Crippen LogP) is 2.96. The van der Waals surface area contributed by atoms with Crippen molar-refractivity contribution in [3.8, 4) is 0 Å². The van der Waals surface area contributed by atoms with Gasteiger partial charge in [0, 0.05) is 18.1 Å². The molecule has 0 aliphatic heterocycles. The molecule has 1 aromatic carbocycles. The van der Waals surface area contributed by atoms with Crippen LogP contribution in [0.3, 0.4) is 0 Å². The van der Waals surface area contributed by atoms with E-state index in [1.54, 1.807) is 11.0 Å². The third-order valence-electron chi connectivity index (χ3n) is 3.25. The fourth-order valence-electron chi connectivity index (χ4n) is 2.04. The summed E-state index contributed by atoms with van der Waals surface area (Å²) in [5.74, 6) is -0.867. The highest BCUT2D eigenvalue weighted by molar-refractivity contribution is 6.31. The molecule has 0 radical (unpaired) electrons. The number of carbonyl (C=O) groups is 2. The van der Waals surface area contributed by atoms with Crippen molar-refractivity contribution in [1.29, 1.82) is 0 Å². The van der Waals surface area contributed by atoms with Gasteiger partial charge in [0.25, 0.3) is 0 Å². The first-order chi connectivity index (χ1) is 9.01. The van der Waals surface area contributed by atoms with Crippen molar-refractivity contribution in [3.05, 3.63) is 34.9 Å². The fraction of sp³-hybridized carbons (Fsp3) is 0.467. The second-order valence-electron chi connectivity index (χ2n) is 4.47. The monoisotopic (exact) mass is 281 g/mol. The molecule has 0 bridgehead atoms. The molecule has 0 saturated carbocycles. The predicted molar refractivity (Wildman–Crippen MR) is 77.3 cm³/mol. The lowest BCUT2D eigenvalue weighted by molar-refractivity contribution is -0.140. The van der Waals surface area contributed by atoms with E-state index in [9.17, 15) is 9.59 Å². The molecular formula is C15H20ClNO2. The lowest BCUT2D eigenvalue weighted by Gasteiger charge is -2.24. The Balaban J connectivity index is 2.94. The fourth-order valence-corrected chi connectivity index (χ4v) is 2.26. The molecule has 0 aromatic heterocycles. The van der Waals surface area contributed by atoms with E-state index in [0.717, 1.165) is 5.56 Å². The Kier molecular flexibility index (Phi) is 6.03. The highest BCUT2D eigenvalue weighted by Gasteiger charge is 2.27. The summed E-state index contributed by atoms with van der Waals surface area (Å²) in [5, 5.41) is 0.598. The van der Waals surface area contributed by atoms with E-state index in [1.807, 2.05) is 32.0 Å². The Morgan fingerprint density at radius 1 is 1.21 bits per heavy atom. The summed E-state index contributed by atoms with van der Waals surface area (Å²) in [6.07, 6.45) is 0.365. The van der Waals surface area contributed by atoms with Gasteiger partial charge in [0.15, 0.2) is 0 Å². The average Bonchev–Trinajstić information content (AvgIpc) is 2.38. The number of hydrogen-bond acceptors (Lipinski definition) is 2. The molecule has 104 valence electrons. The van der Waals surface area contributed by atoms with Crippen LogP contribution < -0.4 is 0 Å². The lowest BCUT2D eigenvalue weighted by atomic mass is 9.94. The molecule has 3 nitrogen and oxygen atoms in total. The van der Waals surface area contributed by atoms with E-state index in [1.165, 1.54) is 6.92 Å². The van der Waals surface area contributed by atoms with Crippen molar-refractivity contribution >= 4 is 23.3 Å². The third-order valence-corrected chi connectivity index (χ3v) is 3.61. The molecule has 0 N–H and O–H groups in total. The van der Waals surface area contributed by atoms with Gasteiger partial charge in [0.05, 0.1) is 0 Å². The largest absolute Gasteiger partial charge is 0.343 e. The standard InChI is InChI=1S/C15H20ClNO2/c1-4-17(5-2)15(19)13(11(3)18)10-12-8-6-7-9-14(12)16/h6-9,13H,4-5,10H2,1-3H3. The number of halogens is 1. The van der Waals surface area contributed by atoms with Gasteiger partial charge in [-0.1, -0.05) is 29.8 Å². The van der Waals surface area contributed by atoms with Crippen LogP contribution in [0.25, 0.3) is 0 Å². The maximum Gasteiger partial charge on any atom is 0.233 e. The van der Waals surface area contributed by atoms with E-state index in [4.69, 9.17) is 11.6 Å². The molecule has 19 heavy (non-hydrogen) atoms. The second-order valence-corrected chi connectivity index (χ2v) is 4.88. The van der Waals surface area contributed by atoms with Crippen LogP contribution in [0.1, 0.15) is 26.3 Å². The van der Waals surface area contributed by atoms with E-state index < -0.39 is 5.92 Å². The van der Waals surface area contributed by atoms with Crippen molar-refractivity contribution < 1.29 is 9.59 Å². The molecule has 0 saturated heterocycles.